The molecule has 4 aromatic rings. The second-order valence-electron chi connectivity index (χ2n) is 11.3. The molecule has 2 atom stereocenters. The van der Waals surface area contributed by atoms with E-state index in [1.54, 1.807) is 17.8 Å². The molecule has 42 heavy (non-hydrogen) atoms. The average Bonchev–Trinajstić information content (AvgIpc) is 3.65. The van der Waals surface area contributed by atoms with Crippen LogP contribution in [0, 0.1) is 11.3 Å². The van der Waals surface area contributed by atoms with E-state index in [0.29, 0.717) is 34.8 Å². The molecular formula is C30H30N8O4. The number of hydrogen-bond donors (Lipinski definition) is 2. The molecule has 12 heteroatoms. The molecule has 0 spiro atoms. The highest BCUT2D eigenvalue weighted by Crippen LogP contribution is 2.38. The molecular weight excluding hydrogens is 536 g/mol. The zero-order valence-electron chi connectivity index (χ0n) is 23.1. The van der Waals surface area contributed by atoms with Gasteiger partial charge in [-0.05, 0) is 43.0 Å². The third-order valence-corrected chi connectivity index (χ3v) is 8.55. The van der Waals surface area contributed by atoms with Crippen LogP contribution in [0.1, 0.15) is 30.4 Å². The molecule has 12 nitrogen and oxygen atoms in total. The molecule has 4 aromatic heterocycles. The standard InChI is InChI=1S/C30H30N8O4/c1-41-27-5-2-19(11-33-27)14-37-22-8-23(37)16-36(15-22)26-4-3-20(12-32-26)25-9-24(17-38-28(25)21(10-31)13-34-38)42-18-30(6-7-30)35-29(39)40/h2-5,9,11-13,17,22-23,35H,6-8,14-16,18H2,1H3,(H,39,40). The largest absolute Gasteiger partial charge is 0.490 e. The van der Waals surface area contributed by atoms with Crippen molar-refractivity contribution in [1.82, 2.24) is 29.8 Å². The van der Waals surface area contributed by atoms with Gasteiger partial charge in [0.1, 0.15) is 24.2 Å². The van der Waals surface area contributed by atoms with Crippen LogP contribution >= 0.6 is 0 Å². The summed E-state index contributed by atoms with van der Waals surface area (Å²) in [4.78, 5) is 25.2. The molecule has 2 N–H and O–H groups in total. The van der Waals surface area contributed by atoms with E-state index < -0.39 is 11.6 Å². The van der Waals surface area contributed by atoms with Gasteiger partial charge in [0.25, 0.3) is 0 Å². The molecule has 8 rings (SSSR count). The zero-order valence-corrected chi connectivity index (χ0v) is 23.1. The number of amides is 1. The highest BCUT2D eigenvalue weighted by atomic mass is 16.5. The number of carbonyl (C=O) groups is 1. The first-order valence-corrected chi connectivity index (χ1v) is 13.9. The minimum atomic E-state index is -1.06. The quantitative estimate of drug-likeness (QED) is 0.310. The van der Waals surface area contributed by atoms with Gasteiger partial charge in [-0.1, -0.05) is 6.07 Å². The summed E-state index contributed by atoms with van der Waals surface area (Å²) in [6.07, 6.45) is 8.55. The van der Waals surface area contributed by atoms with E-state index in [2.05, 4.69) is 37.3 Å². The molecule has 1 amide bonds. The molecule has 1 saturated carbocycles. The summed E-state index contributed by atoms with van der Waals surface area (Å²) in [5, 5.41) is 25.8. The van der Waals surface area contributed by atoms with Crippen LogP contribution < -0.4 is 19.7 Å². The minimum absolute atomic E-state index is 0.219. The summed E-state index contributed by atoms with van der Waals surface area (Å²) >= 11 is 0. The fraction of sp³-hybridized carbons (Fsp3) is 0.367. The molecule has 3 saturated heterocycles. The van der Waals surface area contributed by atoms with Gasteiger partial charge in [-0.3, -0.25) is 4.90 Å². The molecule has 2 bridgehead atoms. The van der Waals surface area contributed by atoms with Gasteiger partial charge in [0, 0.05) is 61.3 Å². The number of piperazine rings is 1. The Labute approximate surface area is 242 Å². The number of hydrogen-bond acceptors (Lipinski definition) is 9. The molecule has 4 aliphatic rings. The van der Waals surface area contributed by atoms with Crippen molar-refractivity contribution in [2.45, 2.75) is 43.4 Å². The number of piperidine rings is 1. The van der Waals surface area contributed by atoms with Crippen LogP contribution in [-0.2, 0) is 6.54 Å². The zero-order chi connectivity index (χ0) is 28.8. The first-order chi connectivity index (χ1) is 20.4. The Bertz CT molecular complexity index is 1660. The summed E-state index contributed by atoms with van der Waals surface area (Å²) in [5.74, 6) is 2.09. The predicted octanol–water partition coefficient (Wildman–Crippen LogP) is 3.31. The number of methoxy groups -OCH3 is 1. The fourth-order valence-electron chi connectivity index (χ4n) is 6.08. The maximum atomic E-state index is 11.2. The fourth-order valence-corrected chi connectivity index (χ4v) is 6.08. The predicted molar refractivity (Wildman–Crippen MR) is 152 cm³/mol. The number of fused-ring (bicyclic) bond motifs is 3. The van der Waals surface area contributed by atoms with Gasteiger partial charge in [0.2, 0.25) is 5.88 Å². The summed E-state index contributed by atoms with van der Waals surface area (Å²) in [7, 11) is 1.62. The SMILES string of the molecule is COc1ccc(CN2C3CC2CN(c2ccc(-c4cc(OCC5(NC(=O)O)CC5)cn5ncc(C#N)c45)cn2)C3)cn1. The van der Waals surface area contributed by atoms with Crippen LogP contribution in [0.4, 0.5) is 10.6 Å². The number of anilines is 1. The van der Waals surface area contributed by atoms with Gasteiger partial charge in [0.15, 0.2) is 0 Å². The summed E-state index contributed by atoms with van der Waals surface area (Å²) in [5.41, 5.74) is 3.37. The van der Waals surface area contributed by atoms with Crippen LogP contribution in [-0.4, -0.2) is 80.1 Å². The lowest BCUT2D eigenvalue weighted by atomic mass is 9.87. The Morgan fingerprint density at radius 3 is 2.64 bits per heavy atom. The van der Waals surface area contributed by atoms with Crippen LogP contribution in [0.15, 0.2) is 55.1 Å². The minimum Gasteiger partial charge on any atom is -0.490 e. The second kappa shape index (κ2) is 10.2. The summed E-state index contributed by atoms with van der Waals surface area (Å²) in [6.45, 7) is 2.92. The van der Waals surface area contributed by atoms with Crippen molar-refractivity contribution < 1.29 is 19.4 Å². The Balaban J connectivity index is 1.07. The van der Waals surface area contributed by atoms with Crippen LogP contribution in [0.2, 0.25) is 0 Å². The van der Waals surface area contributed by atoms with E-state index in [9.17, 15) is 10.1 Å². The molecule has 4 fully saturated rings. The lowest BCUT2D eigenvalue weighted by molar-refractivity contribution is -0.00876. The van der Waals surface area contributed by atoms with Crippen LogP contribution in [0.25, 0.3) is 16.6 Å². The molecule has 2 unspecified atom stereocenters. The molecule has 0 radical (unpaired) electrons. The molecule has 0 aromatic carbocycles. The lowest BCUT2D eigenvalue weighted by Gasteiger charge is -2.56. The van der Waals surface area contributed by atoms with E-state index in [1.807, 2.05) is 36.7 Å². The highest BCUT2D eigenvalue weighted by Gasteiger charge is 2.46. The molecule has 7 heterocycles. The lowest BCUT2D eigenvalue weighted by Crippen LogP contribution is -2.68. The van der Waals surface area contributed by atoms with Gasteiger partial charge >= 0.3 is 6.09 Å². The number of carboxylic acid groups (broad SMARTS) is 1. The monoisotopic (exact) mass is 566 g/mol. The first-order valence-electron chi connectivity index (χ1n) is 13.9. The highest BCUT2D eigenvalue weighted by molar-refractivity contribution is 5.85. The second-order valence-corrected chi connectivity index (χ2v) is 11.3. The molecule has 214 valence electrons. The van der Waals surface area contributed by atoms with Gasteiger partial charge in [-0.15, -0.1) is 0 Å². The van der Waals surface area contributed by atoms with Gasteiger partial charge in [-0.25, -0.2) is 19.3 Å². The number of nitrogens with zero attached hydrogens (tertiary/aromatic N) is 7. The topological polar surface area (TPSA) is 141 Å². The molecule has 1 aliphatic carbocycles. The van der Waals surface area contributed by atoms with Crippen molar-refractivity contribution in [3.63, 3.8) is 0 Å². The Kier molecular flexibility index (Phi) is 6.31. The van der Waals surface area contributed by atoms with Gasteiger partial charge < -0.3 is 24.8 Å². The Morgan fingerprint density at radius 1 is 1.17 bits per heavy atom. The van der Waals surface area contributed by atoms with E-state index in [4.69, 9.17) is 19.6 Å². The maximum Gasteiger partial charge on any atom is 0.405 e. The third-order valence-electron chi connectivity index (χ3n) is 8.55. The Morgan fingerprint density at radius 2 is 2.00 bits per heavy atom. The van der Waals surface area contributed by atoms with E-state index in [1.165, 1.54) is 18.2 Å². The summed E-state index contributed by atoms with van der Waals surface area (Å²) < 4.78 is 12.8. The van der Waals surface area contributed by atoms with Crippen molar-refractivity contribution in [3.8, 4) is 28.8 Å². The maximum absolute atomic E-state index is 11.2. The van der Waals surface area contributed by atoms with Crippen molar-refractivity contribution in [2.24, 2.45) is 0 Å². The normalized spacial score (nSPS) is 20.4. The van der Waals surface area contributed by atoms with Gasteiger partial charge in [0.05, 0.1) is 36.1 Å². The van der Waals surface area contributed by atoms with Crippen molar-refractivity contribution in [3.05, 3.63) is 66.2 Å². The van der Waals surface area contributed by atoms with E-state index >= 15 is 0 Å². The number of ether oxygens (including phenoxy) is 2. The van der Waals surface area contributed by atoms with Crippen LogP contribution in [0.3, 0.4) is 0 Å². The van der Waals surface area contributed by atoms with Crippen molar-refractivity contribution in [2.75, 3.05) is 31.7 Å². The Hall–Kier alpha value is -4.89. The number of nitriles is 1. The average molecular weight is 567 g/mol. The third kappa shape index (κ3) is 4.81. The van der Waals surface area contributed by atoms with Crippen molar-refractivity contribution >= 4 is 17.4 Å². The number of aromatic nitrogens is 4. The molecule has 3 aliphatic heterocycles. The first kappa shape index (κ1) is 26.0. The number of rotatable bonds is 9. The van der Waals surface area contributed by atoms with Crippen LogP contribution in [0.5, 0.6) is 11.6 Å². The van der Waals surface area contributed by atoms with Gasteiger partial charge in [-0.2, -0.15) is 10.4 Å². The van der Waals surface area contributed by atoms with Crippen molar-refractivity contribution in [1.29, 1.82) is 5.26 Å². The smallest absolute Gasteiger partial charge is 0.405 e. The summed E-state index contributed by atoms with van der Waals surface area (Å²) in [6, 6.07) is 13.1. The van der Waals surface area contributed by atoms with E-state index in [-0.39, 0.29) is 6.61 Å². The number of pyridine rings is 3. The number of nitrogens with one attached hydrogen (secondary N) is 1. The van der Waals surface area contributed by atoms with E-state index in [0.717, 1.165) is 49.4 Å².